The fourth-order valence-corrected chi connectivity index (χ4v) is 1.96. The Kier molecular flexibility index (Phi) is 6.09. The molecule has 0 saturated carbocycles. The van der Waals surface area contributed by atoms with Crippen LogP contribution in [0.15, 0.2) is 18.5 Å². The predicted octanol–water partition coefficient (Wildman–Crippen LogP) is 2.54. The molecule has 0 bridgehead atoms. The molecule has 0 spiro atoms. The van der Waals surface area contributed by atoms with Gasteiger partial charge < -0.3 is 15.2 Å². The molecule has 102 valence electrons. The van der Waals surface area contributed by atoms with Crippen LogP contribution in [0.25, 0.3) is 0 Å². The Bertz CT molecular complexity index is 355. The summed E-state index contributed by atoms with van der Waals surface area (Å²) in [7, 11) is 0. The monoisotopic (exact) mass is 252 g/mol. The second-order valence-electron chi connectivity index (χ2n) is 4.58. The van der Waals surface area contributed by atoms with Gasteiger partial charge in [-0.05, 0) is 31.4 Å². The van der Waals surface area contributed by atoms with Gasteiger partial charge in [-0.25, -0.2) is 0 Å². The number of pyridine rings is 1. The van der Waals surface area contributed by atoms with Crippen molar-refractivity contribution in [3.8, 4) is 5.75 Å². The first kappa shape index (κ1) is 14.9. The molecule has 1 heterocycles. The van der Waals surface area contributed by atoms with E-state index in [1.54, 1.807) is 12.4 Å². The summed E-state index contributed by atoms with van der Waals surface area (Å²) >= 11 is 0. The van der Waals surface area contributed by atoms with Crippen LogP contribution in [-0.4, -0.2) is 24.3 Å². The Labute approximate surface area is 110 Å². The molecule has 18 heavy (non-hydrogen) atoms. The van der Waals surface area contributed by atoms with Gasteiger partial charge in [0.1, 0.15) is 5.75 Å². The highest BCUT2D eigenvalue weighted by Crippen LogP contribution is 2.24. The third-order valence-electron chi connectivity index (χ3n) is 2.80. The van der Waals surface area contributed by atoms with E-state index in [1.807, 2.05) is 19.9 Å². The average Bonchev–Trinajstić information content (AvgIpc) is 2.35. The summed E-state index contributed by atoms with van der Waals surface area (Å²) in [5.74, 6) is 1.11. The minimum Gasteiger partial charge on any atom is -0.492 e. The van der Waals surface area contributed by atoms with E-state index in [0.717, 1.165) is 11.3 Å². The van der Waals surface area contributed by atoms with Crippen molar-refractivity contribution in [3.05, 3.63) is 24.0 Å². The third-order valence-corrected chi connectivity index (χ3v) is 2.80. The van der Waals surface area contributed by atoms with Crippen LogP contribution in [0, 0.1) is 5.92 Å². The first-order valence-corrected chi connectivity index (χ1v) is 6.55. The number of aromatic nitrogens is 1. The molecule has 0 fully saturated rings. The lowest BCUT2D eigenvalue weighted by molar-refractivity contribution is 0.0120. The molecule has 0 aliphatic heterocycles. The largest absolute Gasteiger partial charge is 0.492 e. The van der Waals surface area contributed by atoms with Crippen LogP contribution in [0.2, 0.25) is 0 Å². The van der Waals surface area contributed by atoms with Crippen LogP contribution in [0.1, 0.15) is 39.3 Å². The fraction of sp³-hybridized carbons (Fsp3) is 0.643. The van der Waals surface area contributed by atoms with Crippen molar-refractivity contribution >= 4 is 0 Å². The number of nitrogens with zero attached hydrogens (tertiary/aromatic N) is 1. The summed E-state index contributed by atoms with van der Waals surface area (Å²) in [6, 6.07) is 1.76. The van der Waals surface area contributed by atoms with Crippen molar-refractivity contribution in [1.82, 2.24) is 4.98 Å². The minimum absolute atomic E-state index is 0.00586. The summed E-state index contributed by atoms with van der Waals surface area (Å²) < 4.78 is 11.2. The van der Waals surface area contributed by atoms with Gasteiger partial charge in [-0.3, -0.25) is 4.98 Å². The second kappa shape index (κ2) is 7.34. The van der Waals surface area contributed by atoms with Gasteiger partial charge in [0, 0.05) is 12.8 Å². The molecule has 1 aromatic rings. The molecule has 0 aromatic carbocycles. The Morgan fingerprint density at radius 2 is 1.94 bits per heavy atom. The molecule has 1 aromatic heterocycles. The van der Waals surface area contributed by atoms with E-state index in [0.29, 0.717) is 19.1 Å². The maximum atomic E-state index is 6.27. The summed E-state index contributed by atoms with van der Waals surface area (Å²) in [6.07, 6.45) is 3.47. The van der Waals surface area contributed by atoms with E-state index in [4.69, 9.17) is 15.2 Å². The van der Waals surface area contributed by atoms with Crippen LogP contribution in [0.4, 0.5) is 0 Å². The normalized spacial score (nSPS) is 14.6. The van der Waals surface area contributed by atoms with Gasteiger partial charge in [0.05, 0.1) is 24.9 Å². The number of hydrogen-bond donors (Lipinski definition) is 1. The zero-order valence-electron chi connectivity index (χ0n) is 11.7. The molecule has 2 atom stereocenters. The number of hydrogen-bond acceptors (Lipinski definition) is 4. The molecule has 4 heteroatoms. The highest BCUT2D eigenvalue weighted by molar-refractivity contribution is 5.26. The SMILES string of the molecule is CCOc1cncc(C(N)C(OCC)C(C)C)c1. The van der Waals surface area contributed by atoms with E-state index in [-0.39, 0.29) is 12.1 Å². The Hall–Kier alpha value is -1.13. The van der Waals surface area contributed by atoms with Gasteiger partial charge in [0.25, 0.3) is 0 Å². The Morgan fingerprint density at radius 3 is 2.50 bits per heavy atom. The smallest absolute Gasteiger partial charge is 0.137 e. The maximum absolute atomic E-state index is 6.27. The Morgan fingerprint density at radius 1 is 1.22 bits per heavy atom. The summed E-state index contributed by atoms with van der Waals surface area (Å²) in [5.41, 5.74) is 7.22. The van der Waals surface area contributed by atoms with E-state index in [9.17, 15) is 0 Å². The summed E-state index contributed by atoms with van der Waals surface area (Å²) in [4.78, 5) is 4.17. The van der Waals surface area contributed by atoms with Crippen molar-refractivity contribution in [2.45, 2.75) is 39.8 Å². The van der Waals surface area contributed by atoms with E-state index < -0.39 is 0 Å². The average molecular weight is 252 g/mol. The van der Waals surface area contributed by atoms with Crippen LogP contribution in [0.5, 0.6) is 5.75 Å². The van der Waals surface area contributed by atoms with Crippen molar-refractivity contribution in [2.24, 2.45) is 11.7 Å². The van der Waals surface area contributed by atoms with Crippen molar-refractivity contribution in [3.63, 3.8) is 0 Å². The maximum Gasteiger partial charge on any atom is 0.137 e. The lowest BCUT2D eigenvalue weighted by Gasteiger charge is -2.27. The first-order valence-electron chi connectivity index (χ1n) is 6.55. The second-order valence-corrected chi connectivity index (χ2v) is 4.58. The lowest BCUT2D eigenvalue weighted by atomic mass is 9.95. The van der Waals surface area contributed by atoms with Gasteiger partial charge in [-0.15, -0.1) is 0 Å². The molecule has 0 saturated heterocycles. The molecule has 0 aliphatic carbocycles. The van der Waals surface area contributed by atoms with Crippen molar-refractivity contribution in [1.29, 1.82) is 0 Å². The molecule has 2 N–H and O–H groups in total. The van der Waals surface area contributed by atoms with E-state index >= 15 is 0 Å². The zero-order valence-corrected chi connectivity index (χ0v) is 11.7. The number of nitrogens with two attached hydrogens (primary N) is 1. The quantitative estimate of drug-likeness (QED) is 0.810. The highest BCUT2D eigenvalue weighted by Gasteiger charge is 2.23. The zero-order chi connectivity index (χ0) is 13.5. The van der Waals surface area contributed by atoms with Crippen molar-refractivity contribution in [2.75, 3.05) is 13.2 Å². The topological polar surface area (TPSA) is 57.4 Å². The molecule has 0 amide bonds. The minimum atomic E-state index is -0.183. The van der Waals surface area contributed by atoms with Gasteiger partial charge in [0.2, 0.25) is 0 Å². The highest BCUT2D eigenvalue weighted by atomic mass is 16.5. The molecule has 0 radical (unpaired) electrons. The summed E-state index contributed by atoms with van der Waals surface area (Å²) in [6.45, 7) is 9.44. The van der Waals surface area contributed by atoms with Crippen LogP contribution >= 0.6 is 0 Å². The van der Waals surface area contributed by atoms with Gasteiger partial charge in [0.15, 0.2) is 0 Å². The number of rotatable bonds is 7. The lowest BCUT2D eigenvalue weighted by Crippen LogP contribution is -2.33. The standard InChI is InChI=1S/C14H24N2O2/c1-5-17-12-7-11(8-16-9-12)13(15)14(10(3)4)18-6-2/h7-10,13-14H,5-6,15H2,1-4H3. The molecule has 1 rings (SSSR count). The number of ether oxygens (including phenoxy) is 2. The van der Waals surface area contributed by atoms with Crippen molar-refractivity contribution < 1.29 is 9.47 Å². The Balaban J connectivity index is 2.86. The van der Waals surface area contributed by atoms with Gasteiger partial charge in [-0.2, -0.15) is 0 Å². The molecule has 0 aliphatic rings. The fourth-order valence-electron chi connectivity index (χ4n) is 1.96. The van der Waals surface area contributed by atoms with Gasteiger partial charge in [-0.1, -0.05) is 13.8 Å². The van der Waals surface area contributed by atoms with Gasteiger partial charge >= 0.3 is 0 Å². The third kappa shape index (κ3) is 3.96. The van der Waals surface area contributed by atoms with Crippen LogP contribution in [0.3, 0.4) is 0 Å². The molecule has 2 unspecified atom stereocenters. The van der Waals surface area contributed by atoms with E-state index in [2.05, 4.69) is 18.8 Å². The van der Waals surface area contributed by atoms with Crippen LogP contribution < -0.4 is 10.5 Å². The summed E-state index contributed by atoms with van der Waals surface area (Å²) in [5, 5.41) is 0. The predicted molar refractivity (Wildman–Crippen MR) is 72.6 cm³/mol. The molecular formula is C14H24N2O2. The van der Waals surface area contributed by atoms with Crippen LogP contribution in [-0.2, 0) is 4.74 Å². The molecular weight excluding hydrogens is 228 g/mol. The first-order chi connectivity index (χ1) is 8.60. The van der Waals surface area contributed by atoms with E-state index in [1.165, 1.54) is 0 Å². The molecule has 4 nitrogen and oxygen atoms in total.